The molecule has 0 bridgehead atoms. The molecule has 0 spiro atoms. The van der Waals surface area contributed by atoms with Crippen LogP contribution in [0.2, 0.25) is 5.02 Å². The number of halogens is 4. The summed E-state index contributed by atoms with van der Waals surface area (Å²) in [4.78, 5) is 16.0. The summed E-state index contributed by atoms with van der Waals surface area (Å²) in [6, 6.07) is 34.2. The molecule has 7 rings (SSSR count). The van der Waals surface area contributed by atoms with Gasteiger partial charge in [0.05, 0.1) is 16.0 Å². The molecule has 1 atom stereocenters. The van der Waals surface area contributed by atoms with Gasteiger partial charge >= 0.3 is 6.18 Å². The lowest BCUT2D eigenvalue weighted by atomic mass is 9.99. The molecule has 2 heterocycles. The topological polar surface area (TPSA) is 93.7 Å². The molecule has 9 nitrogen and oxygen atoms in total. The van der Waals surface area contributed by atoms with Gasteiger partial charge in [-0.15, -0.1) is 11.8 Å². The Morgan fingerprint density at radius 2 is 1.57 bits per heavy atom. The van der Waals surface area contributed by atoms with Gasteiger partial charge in [-0.1, -0.05) is 80.0 Å². The Morgan fingerprint density at radius 3 is 2.28 bits per heavy atom. The molecule has 1 unspecified atom stereocenters. The summed E-state index contributed by atoms with van der Waals surface area (Å²) in [6.45, 7) is 10.3. The van der Waals surface area contributed by atoms with Crippen LogP contribution in [0, 0.1) is 0 Å². The molecule has 15 heteroatoms. The Kier molecular flexibility index (Phi) is 14.4. The molecule has 0 saturated carbocycles. The fourth-order valence-corrected chi connectivity index (χ4v) is 9.81. The van der Waals surface area contributed by atoms with E-state index in [0.717, 1.165) is 73.1 Å². The van der Waals surface area contributed by atoms with Crippen LogP contribution in [0.25, 0.3) is 22.0 Å². The molecule has 5 aromatic carbocycles. The van der Waals surface area contributed by atoms with Gasteiger partial charge in [0, 0.05) is 77.7 Å². The van der Waals surface area contributed by atoms with Gasteiger partial charge in [-0.05, 0) is 96.9 Å². The van der Waals surface area contributed by atoms with E-state index >= 15 is 0 Å². The smallest absolute Gasteiger partial charge is 0.381 e. The van der Waals surface area contributed by atoms with Crippen molar-refractivity contribution in [1.82, 2.24) is 19.8 Å². The second kappa shape index (κ2) is 19.9. The molecule has 0 amide bonds. The summed E-state index contributed by atoms with van der Waals surface area (Å²) in [7, 11) is -4.50. The Labute approximate surface area is 365 Å². The molecule has 1 fully saturated rings. The predicted molar refractivity (Wildman–Crippen MR) is 243 cm³/mol. The van der Waals surface area contributed by atoms with Gasteiger partial charge < -0.3 is 15.1 Å². The van der Waals surface area contributed by atoms with E-state index in [9.17, 15) is 21.6 Å². The number of benzene rings is 5. The van der Waals surface area contributed by atoms with Crippen molar-refractivity contribution < 1.29 is 21.6 Å². The number of aromatic nitrogens is 2. The summed E-state index contributed by atoms with van der Waals surface area (Å²) in [5, 5.41) is 4.24. The van der Waals surface area contributed by atoms with E-state index in [4.69, 9.17) is 11.6 Å². The fourth-order valence-electron chi connectivity index (χ4n) is 7.57. The Balaban J connectivity index is 1.04. The average molecular weight is 889 g/mol. The predicted octanol–water partition coefficient (Wildman–Crippen LogP) is 10.4. The van der Waals surface area contributed by atoms with E-state index in [2.05, 4.69) is 66.8 Å². The van der Waals surface area contributed by atoms with Crippen molar-refractivity contribution in [2.24, 2.45) is 0 Å². The van der Waals surface area contributed by atoms with Crippen molar-refractivity contribution in [2.75, 3.05) is 66.5 Å². The molecule has 1 aromatic heterocycles. The highest BCUT2D eigenvalue weighted by Crippen LogP contribution is 2.38. The highest BCUT2D eigenvalue weighted by molar-refractivity contribution is 7.99. The maximum Gasteiger partial charge on any atom is 0.418 e. The van der Waals surface area contributed by atoms with E-state index in [1.165, 1.54) is 18.5 Å². The number of thioether (sulfide) groups is 1. The number of alkyl halides is 3. The molecule has 1 saturated heterocycles. The monoisotopic (exact) mass is 887 g/mol. The zero-order chi connectivity index (χ0) is 43.0. The summed E-state index contributed by atoms with van der Waals surface area (Å²) in [5.74, 6) is 0.491. The van der Waals surface area contributed by atoms with Gasteiger partial charge in [0.2, 0.25) is 0 Å². The molecular weight excluding hydrogens is 839 g/mol. The molecule has 6 aromatic rings. The quantitative estimate of drug-likeness (QED) is 0.0869. The molecule has 0 aliphatic carbocycles. The van der Waals surface area contributed by atoms with Crippen molar-refractivity contribution in [2.45, 2.75) is 48.8 Å². The van der Waals surface area contributed by atoms with E-state index in [0.29, 0.717) is 40.7 Å². The van der Waals surface area contributed by atoms with E-state index in [-0.39, 0.29) is 17.5 Å². The second-order valence-electron chi connectivity index (χ2n) is 14.9. The number of hydrogen-bond donors (Lipinski definition) is 2. The number of anilines is 3. The second-order valence-corrected chi connectivity index (χ2v) is 18.2. The van der Waals surface area contributed by atoms with Crippen molar-refractivity contribution in [3.8, 4) is 11.1 Å². The average Bonchev–Trinajstić information content (AvgIpc) is 3.26. The normalized spacial score (nSPS) is 14.4. The van der Waals surface area contributed by atoms with Gasteiger partial charge in [0.15, 0.2) is 5.82 Å². The number of fused-ring (bicyclic) bond motifs is 1. The first kappa shape index (κ1) is 44.2. The van der Waals surface area contributed by atoms with Gasteiger partial charge in [-0.25, -0.2) is 18.4 Å². The lowest BCUT2D eigenvalue weighted by Gasteiger charge is -2.36. The fraction of sp³-hybridized carbons (Fsp3) is 0.304. The molecule has 2 N–H and O–H groups in total. The van der Waals surface area contributed by atoms with Gasteiger partial charge in [-0.2, -0.15) is 13.2 Å². The van der Waals surface area contributed by atoms with Gasteiger partial charge in [-0.3, -0.25) is 9.62 Å². The highest BCUT2D eigenvalue weighted by Gasteiger charge is 2.36. The largest absolute Gasteiger partial charge is 0.418 e. The van der Waals surface area contributed by atoms with Crippen LogP contribution in [0.1, 0.15) is 31.4 Å². The number of nitrogens with one attached hydrogen (secondary N) is 2. The van der Waals surface area contributed by atoms with Crippen LogP contribution in [0.5, 0.6) is 0 Å². The minimum atomic E-state index is -4.83. The first-order chi connectivity index (χ1) is 29.4. The zero-order valence-corrected chi connectivity index (χ0v) is 36.5. The lowest BCUT2D eigenvalue weighted by molar-refractivity contribution is -0.137. The number of nitrogens with zero attached hydrogens (tertiary/aromatic N) is 5. The number of sulfonamides is 1. The van der Waals surface area contributed by atoms with Crippen LogP contribution in [-0.2, 0) is 22.7 Å². The summed E-state index contributed by atoms with van der Waals surface area (Å²) >= 11 is 7.98. The molecule has 320 valence electrons. The molecule has 1 aliphatic heterocycles. The minimum absolute atomic E-state index is 0.0257. The van der Waals surface area contributed by atoms with Crippen LogP contribution in [0.4, 0.5) is 30.4 Å². The van der Waals surface area contributed by atoms with Crippen LogP contribution in [0.3, 0.4) is 0 Å². The molecule has 0 radical (unpaired) electrons. The van der Waals surface area contributed by atoms with E-state index in [1.54, 1.807) is 17.8 Å². The summed E-state index contributed by atoms with van der Waals surface area (Å²) < 4.78 is 74.0. The van der Waals surface area contributed by atoms with Crippen LogP contribution in [-0.4, -0.2) is 85.8 Å². The van der Waals surface area contributed by atoms with Crippen molar-refractivity contribution in [1.29, 1.82) is 0 Å². The molecule has 61 heavy (non-hydrogen) atoms. The zero-order valence-electron chi connectivity index (χ0n) is 34.1. The highest BCUT2D eigenvalue weighted by atomic mass is 35.5. The maximum absolute atomic E-state index is 14.7. The number of piperazine rings is 1. The first-order valence-electron chi connectivity index (χ1n) is 20.4. The van der Waals surface area contributed by atoms with Crippen LogP contribution in [0.15, 0.2) is 131 Å². The Hall–Kier alpha value is -4.86. The number of hydrogen-bond acceptors (Lipinski definition) is 9. The first-order valence-corrected chi connectivity index (χ1v) is 23.2. The van der Waals surface area contributed by atoms with Crippen LogP contribution < -0.4 is 14.9 Å². The van der Waals surface area contributed by atoms with Gasteiger partial charge in [0.1, 0.15) is 6.33 Å². The van der Waals surface area contributed by atoms with Crippen molar-refractivity contribution >= 4 is 61.5 Å². The Morgan fingerprint density at radius 1 is 0.852 bits per heavy atom. The lowest BCUT2D eigenvalue weighted by Crippen LogP contribution is -2.46. The maximum atomic E-state index is 14.7. The summed E-state index contributed by atoms with van der Waals surface area (Å²) in [6.07, 6.45) is -2.98. The van der Waals surface area contributed by atoms with Crippen molar-refractivity contribution in [3.05, 3.63) is 138 Å². The SMILES string of the molecule is CCN(CC)CCC(CSc1ccccc1)Nc1ccc(S(=O)(=O)Nc2ncnc3cc(N4CCN(Cc5cc(Cl)ccc5-c5ccccc5)CC4)ccc23)cc1C(F)(F)F. The van der Waals surface area contributed by atoms with E-state index in [1.807, 2.05) is 72.8 Å². The third kappa shape index (κ3) is 11.3. The molecular formula is C46H49ClF3N7O2S2. The summed E-state index contributed by atoms with van der Waals surface area (Å²) in [5.41, 5.74) is 3.64. The van der Waals surface area contributed by atoms with Crippen LogP contribution >= 0.6 is 23.4 Å². The standard InChI is InChI=1S/C46H49ClF3N7O2S2/c1-3-55(4-2)22-21-36(31-60-38-13-9-6-10-14-38)53-43-20-17-39(29-42(43)46(48,49)50)61(58,59)54-45-41-19-16-37(28-44(41)51-32-52-45)57-25-23-56(24-26-57)30-34-27-35(47)15-18-40(34)33-11-7-5-8-12-33/h5-20,27-29,32,36,53H,3-4,21-26,30-31H2,1-2H3,(H,51,52,54). The minimum Gasteiger partial charge on any atom is -0.381 e. The van der Waals surface area contributed by atoms with Gasteiger partial charge in [0.25, 0.3) is 10.0 Å². The van der Waals surface area contributed by atoms with Crippen molar-refractivity contribution in [3.63, 3.8) is 0 Å². The third-order valence-corrected chi connectivity index (χ3v) is 13.7. The van der Waals surface area contributed by atoms with E-state index < -0.39 is 26.7 Å². The third-order valence-electron chi connectivity index (χ3n) is 11.0. The number of rotatable bonds is 17. The Bertz CT molecular complexity index is 2510. The molecule has 1 aliphatic rings.